The van der Waals surface area contributed by atoms with E-state index in [0.29, 0.717) is 34.3 Å². The maximum atomic E-state index is 11.7. The van der Waals surface area contributed by atoms with Crippen molar-refractivity contribution in [2.24, 2.45) is 4.99 Å². The van der Waals surface area contributed by atoms with Gasteiger partial charge in [-0.2, -0.15) is 5.10 Å². The van der Waals surface area contributed by atoms with Crippen molar-refractivity contribution in [3.05, 3.63) is 64.5 Å². The van der Waals surface area contributed by atoms with Crippen LogP contribution >= 0.6 is 11.6 Å². The molecule has 2 aromatic rings. The molecule has 0 saturated carbocycles. The fourth-order valence-corrected chi connectivity index (χ4v) is 3.42. The van der Waals surface area contributed by atoms with E-state index in [9.17, 15) is 4.79 Å². The van der Waals surface area contributed by atoms with Crippen LogP contribution in [0.4, 0.5) is 0 Å². The highest BCUT2D eigenvalue weighted by Gasteiger charge is 2.25. The van der Waals surface area contributed by atoms with Gasteiger partial charge in [0.1, 0.15) is 5.69 Å². The molecule has 0 aliphatic rings. The van der Waals surface area contributed by atoms with Gasteiger partial charge in [-0.05, 0) is 30.4 Å². The highest BCUT2D eigenvalue weighted by Crippen LogP contribution is 2.35. The molecule has 0 aliphatic heterocycles. The Bertz CT molecular complexity index is 1030. The summed E-state index contributed by atoms with van der Waals surface area (Å²) in [5, 5.41) is 4.99. The number of esters is 1. The van der Waals surface area contributed by atoms with Crippen molar-refractivity contribution in [3.63, 3.8) is 0 Å². The standard InChI is InChI=1S/C25H32ClN3O3/c1-9-21(30)31-17(4)32-24(23-22(26)16(3)28-29(23)10-2)20(15-27-8)18-11-13-19(14-12-18)25(5,6)7/h9,11-15,17H,1,10H2,2-8H3/b24-20-,27-15-. The molecule has 0 radical (unpaired) electrons. The van der Waals surface area contributed by atoms with Crippen molar-refractivity contribution in [2.45, 2.75) is 59.8 Å². The van der Waals surface area contributed by atoms with Crippen LogP contribution in [-0.2, 0) is 26.2 Å². The summed E-state index contributed by atoms with van der Waals surface area (Å²) in [5.41, 5.74) is 4.09. The molecule has 0 amide bonds. The molecular weight excluding hydrogens is 426 g/mol. The van der Waals surface area contributed by atoms with Crippen LogP contribution in [0.3, 0.4) is 0 Å². The zero-order chi connectivity index (χ0) is 24.1. The van der Waals surface area contributed by atoms with Crippen LogP contribution in [0.1, 0.15) is 57.1 Å². The van der Waals surface area contributed by atoms with Crippen molar-refractivity contribution in [1.29, 1.82) is 0 Å². The zero-order valence-electron chi connectivity index (χ0n) is 19.9. The van der Waals surface area contributed by atoms with Gasteiger partial charge in [-0.1, -0.05) is 63.2 Å². The Kier molecular flexibility index (Phi) is 8.44. The molecule has 1 atom stereocenters. The van der Waals surface area contributed by atoms with Crippen LogP contribution in [0.2, 0.25) is 5.02 Å². The molecule has 7 heteroatoms. The smallest absolute Gasteiger partial charge is 0.333 e. The van der Waals surface area contributed by atoms with Gasteiger partial charge in [0.2, 0.25) is 6.29 Å². The number of benzene rings is 1. The number of aryl methyl sites for hydroxylation is 2. The second-order valence-corrected chi connectivity index (χ2v) is 8.73. The Morgan fingerprint density at radius 2 is 1.91 bits per heavy atom. The molecule has 2 rings (SSSR count). The first kappa shape index (κ1) is 25.4. The lowest BCUT2D eigenvalue weighted by Crippen LogP contribution is -2.18. The fraction of sp³-hybridized carbons (Fsp3) is 0.400. The van der Waals surface area contributed by atoms with E-state index in [2.05, 4.69) is 49.6 Å². The first-order valence-electron chi connectivity index (χ1n) is 10.5. The number of nitrogens with zero attached hydrogens (tertiary/aromatic N) is 3. The number of aromatic nitrogens is 2. The van der Waals surface area contributed by atoms with Gasteiger partial charge in [0, 0.05) is 38.4 Å². The third-order valence-electron chi connectivity index (χ3n) is 4.87. The molecule has 1 heterocycles. The maximum absolute atomic E-state index is 11.7. The Balaban J connectivity index is 2.74. The van der Waals surface area contributed by atoms with Gasteiger partial charge in [0.05, 0.1) is 10.7 Å². The van der Waals surface area contributed by atoms with E-state index in [-0.39, 0.29) is 5.41 Å². The van der Waals surface area contributed by atoms with Gasteiger partial charge in [-0.25, -0.2) is 4.79 Å². The summed E-state index contributed by atoms with van der Waals surface area (Å²) in [4.78, 5) is 16.0. The summed E-state index contributed by atoms with van der Waals surface area (Å²) >= 11 is 6.65. The molecule has 172 valence electrons. The van der Waals surface area contributed by atoms with E-state index in [1.165, 1.54) is 5.56 Å². The van der Waals surface area contributed by atoms with Crippen molar-refractivity contribution < 1.29 is 14.3 Å². The van der Waals surface area contributed by atoms with E-state index in [1.807, 2.05) is 26.0 Å². The molecule has 0 fully saturated rings. The number of halogens is 1. The van der Waals surface area contributed by atoms with Crippen LogP contribution in [0, 0.1) is 6.92 Å². The van der Waals surface area contributed by atoms with Crippen LogP contribution in [0.5, 0.6) is 0 Å². The maximum Gasteiger partial charge on any atom is 0.333 e. The molecule has 0 spiro atoms. The summed E-state index contributed by atoms with van der Waals surface area (Å²) in [6.07, 6.45) is 1.92. The van der Waals surface area contributed by atoms with E-state index < -0.39 is 12.3 Å². The Morgan fingerprint density at radius 1 is 1.28 bits per heavy atom. The topological polar surface area (TPSA) is 65.7 Å². The highest BCUT2D eigenvalue weighted by atomic mass is 35.5. The third-order valence-corrected chi connectivity index (χ3v) is 5.32. The number of hydrogen-bond donors (Lipinski definition) is 0. The van der Waals surface area contributed by atoms with E-state index >= 15 is 0 Å². The fourth-order valence-electron chi connectivity index (χ4n) is 3.20. The normalized spacial score (nSPS) is 13.6. The van der Waals surface area contributed by atoms with E-state index in [4.69, 9.17) is 21.1 Å². The lowest BCUT2D eigenvalue weighted by molar-refractivity contribution is -0.157. The average molecular weight is 458 g/mol. The number of aliphatic imine (C=N–C) groups is 1. The van der Waals surface area contributed by atoms with Gasteiger partial charge < -0.3 is 9.47 Å². The Morgan fingerprint density at radius 3 is 2.41 bits per heavy atom. The summed E-state index contributed by atoms with van der Waals surface area (Å²) in [6, 6.07) is 8.22. The zero-order valence-corrected chi connectivity index (χ0v) is 20.7. The summed E-state index contributed by atoms with van der Waals surface area (Å²) in [7, 11) is 1.69. The summed E-state index contributed by atoms with van der Waals surface area (Å²) in [5.74, 6) is -0.153. The molecule has 32 heavy (non-hydrogen) atoms. The molecule has 0 N–H and O–H groups in total. The highest BCUT2D eigenvalue weighted by molar-refractivity contribution is 6.33. The quantitative estimate of drug-likeness (QED) is 0.164. The number of carbonyl (C=O) groups is 1. The summed E-state index contributed by atoms with van der Waals surface area (Å²) in [6.45, 7) is 16.0. The molecule has 6 nitrogen and oxygen atoms in total. The monoisotopic (exact) mass is 457 g/mol. The largest absolute Gasteiger partial charge is 0.452 e. The molecule has 0 bridgehead atoms. The predicted octanol–water partition coefficient (Wildman–Crippen LogP) is 5.82. The Labute approximate surface area is 195 Å². The molecule has 0 aliphatic carbocycles. The number of ether oxygens (including phenoxy) is 2. The molecular formula is C25H32ClN3O3. The third kappa shape index (κ3) is 5.88. The van der Waals surface area contributed by atoms with Crippen molar-refractivity contribution in [3.8, 4) is 0 Å². The first-order valence-corrected chi connectivity index (χ1v) is 10.9. The van der Waals surface area contributed by atoms with Crippen LogP contribution in [0.25, 0.3) is 11.3 Å². The molecule has 1 unspecified atom stereocenters. The number of carbonyl (C=O) groups excluding carboxylic acids is 1. The second-order valence-electron chi connectivity index (χ2n) is 8.35. The van der Waals surface area contributed by atoms with Crippen molar-refractivity contribution in [1.82, 2.24) is 9.78 Å². The molecule has 0 saturated heterocycles. The number of hydrogen-bond acceptors (Lipinski definition) is 5. The first-order chi connectivity index (χ1) is 15.0. The molecule has 1 aromatic heterocycles. The van der Waals surface area contributed by atoms with Crippen LogP contribution in [0.15, 0.2) is 41.9 Å². The minimum atomic E-state index is -0.888. The number of allylic oxidation sites excluding steroid dienone is 1. The van der Waals surface area contributed by atoms with E-state index in [0.717, 1.165) is 11.6 Å². The minimum Gasteiger partial charge on any atom is -0.452 e. The number of rotatable bonds is 8. The molecule has 1 aromatic carbocycles. The van der Waals surface area contributed by atoms with Gasteiger partial charge in [-0.15, -0.1) is 0 Å². The van der Waals surface area contributed by atoms with Gasteiger partial charge in [-0.3, -0.25) is 9.67 Å². The Hall–Kier alpha value is -2.86. The van der Waals surface area contributed by atoms with Gasteiger partial charge in [0.15, 0.2) is 5.76 Å². The SMILES string of the molecule is C=CC(=O)OC(C)O/C(=C(/C=N\C)c1ccc(C(C)(C)C)cc1)c1c(Cl)c(C)nn1CC. The minimum absolute atomic E-state index is 0.0231. The van der Waals surface area contributed by atoms with Gasteiger partial charge in [0.25, 0.3) is 0 Å². The van der Waals surface area contributed by atoms with E-state index in [1.54, 1.807) is 24.9 Å². The lowest BCUT2D eigenvalue weighted by atomic mass is 9.86. The van der Waals surface area contributed by atoms with Crippen LogP contribution in [-0.4, -0.2) is 35.3 Å². The van der Waals surface area contributed by atoms with Gasteiger partial charge >= 0.3 is 5.97 Å². The predicted molar refractivity (Wildman–Crippen MR) is 131 cm³/mol. The lowest BCUT2D eigenvalue weighted by Gasteiger charge is -2.22. The summed E-state index contributed by atoms with van der Waals surface area (Å²) < 4.78 is 13.2. The van der Waals surface area contributed by atoms with Crippen molar-refractivity contribution in [2.75, 3.05) is 7.05 Å². The van der Waals surface area contributed by atoms with Crippen LogP contribution < -0.4 is 0 Å². The second kappa shape index (κ2) is 10.6. The average Bonchev–Trinajstić information content (AvgIpc) is 3.03. The van der Waals surface area contributed by atoms with Crippen molar-refractivity contribution >= 4 is 35.1 Å².